The summed E-state index contributed by atoms with van der Waals surface area (Å²) in [6.07, 6.45) is 0. The Morgan fingerprint density at radius 1 is 0.667 bits per heavy atom. The second-order valence-electron chi connectivity index (χ2n) is 5.14. The van der Waals surface area contributed by atoms with E-state index < -0.39 is 0 Å². The second-order valence-corrected chi connectivity index (χ2v) is 5.14. The van der Waals surface area contributed by atoms with Crippen LogP contribution >= 0.6 is 0 Å². The molecule has 0 amide bonds. The largest absolute Gasteiger partial charge is 0.298 e. The van der Waals surface area contributed by atoms with Gasteiger partial charge >= 0.3 is 0 Å². The van der Waals surface area contributed by atoms with Crippen molar-refractivity contribution in [1.82, 2.24) is 4.90 Å². The summed E-state index contributed by atoms with van der Waals surface area (Å²) in [4.78, 5) is 2.34. The first-order valence-corrected chi connectivity index (χ1v) is 6.43. The van der Waals surface area contributed by atoms with E-state index in [4.69, 9.17) is 0 Å². The van der Waals surface area contributed by atoms with Crippen LogP contribution in [0.25, 0.3) is 0 Å². The van der Waals surface area contributed by atoms with Gasteiger partial charge in [-0.25, -0.2) is 0 Å². The SMILES string of the molecule is Cc1ccc(CN(C)Cc2ccc(C)cc2)cc1. The van der Waals surface area contributed by atoms with Crippen LogP contribution in [0.4, 0.5) is 0 Å². The highest BCUT2D eigenvalue weighted by Crippen LogP contribution is 2.10. The number of rotatable bonds is 4. The summed E-state index contributed by atoms with van der Waals surface area (Å²) in [5, 5.41) is 0. The Labute approximate surface area is 110 Å². The maximum atomic E-state index is 2.34. The molecular formula is C17H21N. The van der Waals surface area contributed by atoms with Crippen molar-refractivity contribution in [2.45, 2.75) is 26.9 Å². The first kappa shape index (κ1) is 12.8. The average molecular weight is 239 g/mol. The van der Waals surface area contributed by atoms with Crippen molar-refractivity contribution in [3.8, 4) is 0 Å². The molecule has 0 aliphatic carbocycles. The van der Waals surface area contributed by atoms with Crippen molar-refractivity contribution in [3.05, 3.63) is 70.8 Å². The number of benzene rings is 2. The van der Waals surface area contributed by atoms with Gasteiger partial charge in [-0.1, -0.05) is 59.7 Å². The topological polar surface area (TPSA) is 3.24 Å². The van der Waals surface area contributed by atoms with Gasteiger partial charge in [0.15, 0.2) is 0 Å². The normalized spacial score (nSPS) is 10.9. The molecule has 0 aliphatic rings. The van der Waals surface area contributed by atoms with Crippen molar-refractivity contribution in [2.24, 2.45) is 0 Å². The number of hydrogen-bond acceptors (Lipinski definition) is 1. The van der Waals surface area contributed by atoms with Gasteiger partial charge < -0.3 is 0 Å². The lowest BCUT2D eigenvalue weighted by Gasteiger charge is -2.17. The molecular weight excluding hydrogens is 218 g/mol. The Morgan fingerprint density at radius 2 is 1.00 bits per heavy atom. The molecule has 94 valence electrons. The van der Waals surface area contributed by atoms with E-state index in [-0.39, 0.29) is 0 Å². The molecule has 0 spiro atoms. The zero-order chi connectivity index (χ0) is 13.0. The molecule has 0 unspecified atom stereocenters. The van der Waals surface area contributed by atoms with E-state index in [0.717, 1.165) is 13.1 Å². The van der Waals surface area contributed by atoms with E-state index in [1.54, 1.807) is 0 Å². The molecule has 0 heterocycles. The van der Waals surface area contributed by atoms with Crippen LogP contribution in [0.3, 0.4) is 0 Å². The Hall–Kier alpha value is -1.60. The van der Waals surface area contributed by atoms with Crippen LogP contribution in [0.5, 0.6) is 0 Å². The third-order valence-electron chi connectivity index (χ3n) is 3.15. The summed E-state index contributed by atoms with van der Waals surface area (Å²) in [6, 6.07) is 17.5. The van der Waals surface area contributed by atoms with Crippen molar-refractivity contribution < 1.29 is 0 Å². The molecule has 0 radical (unpaired) electrons. The predicted molar refractivity (Wildman–Crippen MR) is 77.5 cm³/mol. The predicted octanol–water partition coefficient (Wildman–Crippen LogP) is 3.94. The highest BCUT2D eigenvalue weighted by Gasteiger charge is 2.01. The Morgan fingerprint density at radius 3 is 1.33 bits per heavy atom. The molecule has 1 heteroatoms. The highest BCUT2D eigenvalue weighted by atomic mass is 15.1. The van der Waals surface area contributed by atoms with Crippen LogP contribution < -0.4 is 0 Å². The van der Waals surface area contributed by atoms with E-state index >= 15 is 0 Å². The van der Waals surface area contributed by atoms with E-state index in [0.29, 0.717) is 0 Å². The molecule has 0 saturated heterocycles. The molecule has 2 aromatic rings. The summed E-state index contributed by atoms with van der Waals surface area (Å²) < 4.78 is 0. The van der Waals surface area contributed by atoms with Gasteiger partial charge in [0, 0.05) is 13.1 Å². The van der Waals surface area contributed by atoms with Crippen LogP contribution in [-0.2, 0) is 13.1 Å². The lowest BCUT2D eigenvalue weighted by atomic mass is 10.1. The third kappa shape index (κ3) is 3.71. The molecule has 1 nitrogen and oxygen atoms in total. The zero-order valence-corrected chi connectivity index (χ0v) is 11.5. The number of nitrogens with zero attached hydrogens (tertiary/aromatic N) is 1. The quantitative estimate of drug-likeness (QED) is 0.781. The minimum atomic E-state index is 0.994. The standard InChI is InChI=1S/C17H21N/c1-14-4-8-16(9-5-14)12-18(3)13-17-10-6-15(2)7-11-17/h4-11H,12-13H2,1-3H3. The molecule has 0 N–H and O–H groups in total. The Balaban J connectivity index is 1.94. The molecule has 18 heavy (non-hydrogen) atoms. The molecule has 0 fully saturated rings. The van der Waals surface area contributed by atoms with Gasteiger partial charge in [-0.15, -0.1) is 0 Å². The first-order chi connectivity index (χ1) is 8.63. The molecule has 0 bridgehead atoms. The Kier molecular flexibility index (Phi) is 4.16. The lowest BCUT2D eigenvalue weighted by Crippen LogP contribution is -2.17. The molecule has 0 saturated carbocycles. The third-order valence-corrected chi connectivity index (χ3v) is 3.15. The molecule has 0 aliphatic heterocycles. The first-order valence-electron chi connectivity index (χ1n) is 6.43. The summed E-state index contributed by atoms with van der Waals surface area (Å²) in [7, 11) is 2.17. The zero-order valence-electron chi connectivity index (χ0n) is 11.5. The molecule has 0 atom stereocenters. The van der Waals surface area contributed by atoms with Crippen LogP contribution in [0, 0.1) is 13.8 Å². The fourth-order valence-corrected chi connectivity index (χ4v) is 2.07. The molecule has 2 rings (SSSR count). The van der Waals surface area contributed by atoms with Crippen molar-refractivity contribution >= 4 is 0 Å². The number of aryl methyl sites for hydroxylation is 2. The summed E-state index contributed by atoms with van der Waals surface area (Å²) in [5.41, 5.74) is 5.38. The van der Waals surface area contributed by atoms with Gasteiger partial charge in [0.1, 0.15) is 0 Å². The van der Waals surface area contributed by atoms with Crippen molar-refractivity contribution in [1.29, 1.82) is 0 Å². The van der Waals surface area contributed by atoms with Crippen LogP contribution in [0.2, 0.25) is 0 Å². The number of hydrogen-bond donors (Lipinski definition) is 0. The van der Waals surface area contributed by atoms with E-state index in [2.05, 4.69) is 74.3 Å². The fraction of sp³-hybridized carbons (Fsp3) is 0.294. The molecule has 2 aromatic carbocycles. The van der Waals surface area contributed by atoms with Gasteiger partial charge in [0.2, 0.25) is 0 Å². The maximum absolute atomic E-state index is 2.34. The van der Waals surface area contributed by atoms with Gasteiger partial charge in [-0.3, -0.25) is 4.90 Å². The second kappa shape index (κ2) is 5.83. The van der Waals surface area contributed by atoms with Gasteiger partial charge in [-0.2, -0.15) is 0 Å². The average Bonchev–Trinajstić information content (AvgIpc) is 2.35. The van der Waals surface area contributed by atoms with Crippen LogP contribution in [0.1, 0.15) is 22.3 Å². The smallest absolute Gasteiger partial charge is 0.0234 e. The molecule has 0 aromatic heterocycles. The monoisotopic (exact) mass is 239 g/mol. The summed E-state index contributed by atoms with van der Waals surface area (Å²) in [5.74, 6) is 0. The minimum absolute atomic E-state index is 0.994. The lowest BCUT2D eigenvalue weighted by molar-refractivity contribution is 0.319. The van der Waals surface area contributed by atoms with Gasteiger partial charge in [0.05, 0.1) is 0 Å². The van der Waals surface area contributed by atoms with Crippen LogP contribution in [0.15, 0.2) is 48.5 Å². The van der Waals surface area contributed by atoms with Crippen molar-refractivity contribution in [2.75, 3.05) is 7.05 Å². The Bertz CT molecular complexity index is 435. The van der Waals surface area contributed by atoms with E-state index in [1.807, 2.05) is 0 Å². The van der Waals surface area contributed by atoms with Gasteiger partial charge in [-0.05, 0) is 32.0 Å². The maximum Gasteiger partial charge on any atom is 0.0234 e. The van der Waals surface area contributed by atoms with Crippen molar-refractivity contribution in [3.63, 3.8) is 0 Å². The highest BCUT2D eigenvalue weighted by molar-refractivity contribution is 5.23. The summed E-state index contributed by atoms with van der Waals surface area (Å²) >= 11 is 0. The van der Waals surface area contributed by atoms with Gasteiger partial charge in [0.25, 0.3) is 0 Å². The fourth-order valence-electron chi connectivity index (χ4n) is 2.07. The minimum Gasteiger partial charge on any atom is -0.298 e. The van der Waals surface area contributed by atoms with E-state index in [1.165, 1.54) is 22.3 Å². The van der Waals surface area contributed by atoms with E-state index in [9.17, 15) is 0 Å². The van der Waals surface area contributed by atoms with Crippen LogP contribution in [-0.4, -0.2) is 11.9 Å². The summed E-state index contributed by atoms with van der Waals surface area (Å²) in [6.45, 7) is 6.24.